The van der Waals surface area contributed by atoms with E-state index in [9.17, 15) is 8.42 Å². The van der Waals surface area contributed by atoms with Crippen LogP contribution in [-0.4, -0.2) is 40.9 Å². The van der Waals surface area contributed by atoms with Gasteiger partial charge in [0, 0.05) is 26.7 Å². The highest BCUT2D eigenvalue weighted by Gasteiger charge is 2.20. The first-order chi connectivity index (χ1) is 6.93. The second-order valence-electron chi connectivity index (χ2n) is 3.25. The number of imidazole rings is 1. The third kappa shape index (κ3) is 2.19. The van der Waals surface area contributed by atoms with Crippen LogP contribution in [0.25, 0.3) is 0 Å². The lowest BCUT2D eigenvalue weighted by molar-refractivity contribution is 0.277. The molecule has 1 aromatic heterocycles. The summed E-state index contributed by atoms with van der Waals surface area (Å²) in [4.78, 5) is 4.00. The first-order valence-electron chi connectivity index (χ1n) is 4.54. The maximum atomic E-state index is 11.8. The summed E-state index contributed by atoms with van der Waals surface area (Å²) in [7, 11) is -0.629. The molecule has 0 aliphatic heterocycles. The summed E-state index contributed by atoms with van der Waals surface area (Å²) in [6, 6.07) is 0. The van der Waals surface area contributed by atoms with Gasteiger partial charge in [0.2, 0.25) is 0 Å². The van der Waals surface area contributed by atoms with Gasteiger partial charge in [0.15, 0.2) is 0 Å². The van der Waals surface area contributed by atoms with Crippen molar-refractivity contribution >= 4 is 10.2 Å². The van der Waals surface area contributed by atoms with E-state index in [0.717, 1.165) is 8.28 Å². The Morgan fingerprint density at radius 2 is 2.13 bits per heavy atom. The normalized spacial score (nSPS) is 12.3. The molecule has 0 fully saturated rings. The summed E-state index contributed by atoms with van der Waals surface area (Å²) in [6.07, 6.45) is 1.83. The summed E-state index contributed by atoms with van der Waals surface area (Å²) in [5, 5.41) is 8.89. The van der Waals surface area contributed by atoms with Gasteiger partial charge in [0.1, 0.15) is 5.82 Å². The van der Waals surface area contributed by atoms with Gasteiger partial charge in [-0.3, -0.25) is 0 Å². The fourth-order valence-corrected chi connectivity index (χ4v) is 2.18. The number of hydrogen-bond acceptors (Lipinski definition) is 4. The molecule has 0 saturated carbocycles. The smallest absolute Gasteiger partial charge is 0.308 e. The Hall–Kier alpha value is -0.920. The molecule has 1 aromatic rings. The average molecular weight is 233 g/mol. The summed E-state index contributed by atoms with van der Waals surface area (Å²) >= 11 is 0. The SMILES string of the molecule is CCc1nc(CO)cn1S(=O)(=O)N(C)C. The van der Waals surface area contributed by atoms with E-state index < -0.39 is 10.2 Å². The van der Waals surface area contributed by atoms with Crippen LogP contribution in [0.15, 0.2) is 6.20 Å². The summed E-state index contributed by atoms with van der Waals surface area (Å²) in [6.45, 7) is 1.55. The Morgan fingerprint density at radius 1 is 1.53 bits per heavy atom. The molecule has 0 radical (unpaired) electrons. The van der Waals surface area contributed by atoms with Crippen LogP contribution in [-0.2, 0) is 23.2 Å². The van der Waals surface area contributed by atoms with Crippen LogP contribution in [0.2, 0.25) is 0 Å². The molecule has 7 heteroatoms. The number of aromatic nitrogens is 2. The van der Waals surface area contributed by atoms with Crippen LogP contribution in [0.1, 0.15) is 18.4 Å². The highest BCUT2D eigenvalue weighted by molar-refractivity contribution is 7.87. The Labute approximate surface area is 89.3 Å². The van der Waals surface area contributed by atoms with Gasteiger partial charge >= 0.3 is 10.2 Å². The van der Waals surface area contributed by atoms with Crippen LogP contribution < -0.4 is 0 Å². The van der Waals surface area contributed by atoms with Crippen LogP contribution in [0.4, 0.5) is 0 Å². The number of aliphatic hydroxyl groups excluding tert-OH is 1. The molecule has 0 amide bonds. The van der Waals surface area contributed by atoms with Crippen molar-refractivity contribution in [1.29, 1.82) is 0 Å². The summed E-state index contributed by atoms with van der Waals surface area (Å²) < 4.78 is 25.8. The van der Waals surface area contributed by atoms with Crippen molar-refractivity contribution in [1.82, 2.24) is 13.3 Å². The number of rotatable bonds is 4. The molecular formula is C8H15N3O3S. The van der Waals surface area contributed by atoms with E-state index in [1.807, 2.05) is 6.92 Å². The molecule has 1 heterocycles. The Kier molecular flexibility index (Phi) is 3.48. The van der Waals surface area contributed by atoms with Crippen molar-refractivity contribution in [2.45, 2.75) is 20.0 Å². The van der Waals surface area contributed by atoms with E-state index in [1.54, 1.807) is 0 Å². The number of hydrogen-bond donors (Lipinski definition) is 1. The maximum absolute atomic E-state index is 11.8. The predicted octanol–water partition coefficient (Wildman–Crippen LogP) is -0.408. The Bertz CT molecular complexity index is 436. The summed E-state index contributed by atoms with van der Waals surface area (Å²) in [5.74, 6) is 0.424. The van der Waals surface area contributed by atoms with E-state index in [2.05, 4.69) is 4.98 Å². The van der Waals surface area contributed by atoms with Gasteiger partial charge in [-0.25, -0.2) is 8.96 Å². The molecule has 1 rings (SSSR count). The predicted molar refractivity (Wildman–Crippen MR) is 55.5 cm³/mol. The molecule has 0 atom stereocenters. The fourth-order valence-electron chi connectivity index (χ4n) is 1.14. The lowest BCUT2D eigenvalue weighted by Crippen LogP contribution is -2.29. The molecule has 0 aromatic carbocycles. The van der Waals surface area contributed by atoms with Crippen LogP contribution in [0.3, 0.4) is 0 Å². The zero-order valence-electron chi connectivity index (χ0n) is 9.01. The van der Waals surface area contributed by atoms with Gasteiger partial charge in [-0.1, -0.05) is 6.92 Å². The third-order valence-corrected chi connectivity index (χ3v) is 3.72. The quantitative estimate of drug-likeness (QED) is 0.767. The Morgan fingerprint density at radius 3 is 2.53 bits per heavy atom. The van der Waals surface area contributed by atoms with Gasteiger partial charge in [-0.05, 0) is 0 Å². The molecule has 6 nitrogen and oxygen atoms in total. The molecule has 0 spiro atoms. The minimum Gasteiger partial charge on any atom is -0.390 e. The lowest BCUT2D eigenvalue weighted by atomic mass is 10.5. The highest BCUT2D eigenvalue weighted by Crippen LogP contribution is 2.10. The highest BCUT2D eigenvalue weighted by atomic mass is 32.2. The molecule has 86 valence electrons. The van der Waals surface area contributed by atoms with Gasteiger partial charge in [0.25, 0.3) is 0 Å². The van der Waals surface area contributed by atoms with Crippen molar-refractivity contribution in [3.63, 3.8) is 0 Å². The van der Waals surface area contributed by atoms with Gasteiger partial charge in [-0.15, -0.1) is 0 Å². The molecule has 0 bridgehead atoms. The standard InChI is InChI=1S/C8H15N3O3S/c1-4-8-9-7(6-12)5-11(8)15(13,14)10(2)3/h5,12H,4,6H2,1-3H3. The second kappa shape index (κ2) is 4.30. The molecule has 1 N–H and O–H groups in total. The number of aliphatic hydroxyl groups is 1. The molecule has 0 unspecified atom stereocenters. The van der Waals surface area contributed by atoms with E-state index in [4.69, 9.17) is 5.11 Å². The maximum Gasteiger partial charge on any atom is 0.308 e. The number of aryl methyl sites for hydroxylation is 1. The average Bonchev–Trinajstić information content (AvgIpc) is 2.60. The van der Waals surface area contributed by atoms with Crippen molar-refractivity contribution in [3.05, 3.63) is 17.7 Å². The van der Waals surface area contributed by atoms with Crippen molar-refractivity contribution in [3.8, 4) is 0 Å². The van der Waals surface area contributed by atoms with Crippen molar-refractivity contribution in [2.75, 3.05) is 14.1 Å². The van der Waals surface area contributed by atoms with E-state index in [0.29, 0.717) is 17.9 Å². The van der Waals surface area contributed by atoms with E-state index in [1.165, 1.54) is 20.3 Å². The van der Waals surface area contributed by atoms with E-state index >= 15 is 0 Å². The minimum absolute atomic E-state index is 0.261. The minimum atomic E-state index is -3.53. The number of nitrogens with zero attached hydrogens (tertiary/aromatic N) is 3. The molecule has 0 aliphatic rings. The van der Waals surface area contributed by atoms with Crippen LogP contribution in [0, 0.1) is 0 Å². The lowest BCUT2D eigenvalue weighted by Gasteiger charge is -2.13. The largest absolute Gasteiger partial charge is 0.390 e. The molecule has 0 aliphatic carbocycles. The zero-order chi connectivity index (χ0) is 11.6. The first-order valence-corrected chi connectivity index (χ1v) is 5.94. The van der Waals surface area contributed by atoms with E-state index in [-0.39, 0.29) is 6.61 Å². The summed E-state index contributed by atoms with van der Waals surface area (Å²) in [5.41, 5.74) is 0.359. The van der Waals surface area contributed by atoms with Gasteiger partial charge in [0.05, 0.1) is 12.3 Å². The van der Waals surface area contributed by atoms with Crippen molar-refractivity contribution in [2.24, 2.45) is 0 Å². The first kappa shape index (κ1) is 12.2. The molecular weight excluding hydrogens is 218 g/mol. The second-order valence-corrected chi connectivity index (χ2v) is 5.27. The van der Waals surface area contributed by atoms with Crippen molar-refractivity contribution < 1.29 is 13.5 Å². The molecule has 0 saturated heterocycles. The topological polar surface area (TPSA) is 75.4 Å². The van der Waals surface area contributed by atoms with Crippen LogP contribution in [0.5, 0.6) is 0 Å². The fraction of sp³-hybridized carbons (Fsp3) is 0.625. The van der Waals surface area contributed by atoms with Crippen LogP contribution >= 0.6 is 0 Å². The monoisotopic (exact) mass is 233 g/mol. The zero-order valence-corrected chi connectivity index (χ0v) is 9.82. The van der Waals surface area contributed by atoms with Gasteiger partial charge in [-0.2, -0.15) is 12.7 Å². The molecule has 15 heavy (non-hydrogen) atoms. The van der Waals surface area contributed by atoms with Gasteiger partial charge < -0.3 is 5.11 Å². The Balaban J connectivity index is 3.30. The third-order valence-electron chi connectivity index (χ3n) is 1.98.